The van der Waals surface area contributed by atoms with Crippen molar-refractivity contribution in [2.45, 2.75) is 44.3 Å². The molecule has 0 radical (unpaired) electrons. The lowest BCUT2D eigenvalue weighted by Crippen LogP contribution is -2.44. The van der Waals surface area contributed by atoms with E-state index < -0.39 is 0 Å². The third-order valence-electron chi connectivity index (χ3n) is 8.41. The van der Waals surface area contributed by atoms with Crippen LogP contribution in [-0.4, -0.2) is 73.0 Å². The highest BCUT2D eigenvalue weighted by Crippen LogP contribution is 2.38. The Labute approximate surface area is 244 Å². The first kappa shape index (κ1) is 26.3. The first-order chi connectivity index (χ1) is 20.6. The number of rotatable bonds is 7. The van der Waals surface area contributed by atoms with Crippen molar-refractivity contribution in [3.8, 4) is 17.2 Å². The Morgan fingerprint density at radius 3 is 2.43 bits per heavy atom. The summed E-state index contributed by atoms with van der Waals surface area (Å²) in [6.45, 7) is 2.14. The van der Waals surface area contributed by atoms with E-state index in [2.05, 4.69) is 17.1 Å². The predicted molar refractivity (Wildman–Crippen MR) is 159 cm³/mol. The zero-order valence-electron chi connectivity index (χ0n) is 23.5. The molecule has 42 heavy (non-hydrogen) atoms. The molecule has 4 aliphatic rings. The number of benzene rings is 3. The average molecular weight is 565 g/mol. The van der Waals surface area contributed by atoms with Crippen molar-refractivity contribution >= 4 is 35.6 Å². The molecule has 4 aliphatic heterocycles. The first-order valence-electron chi connectivity index (χ1n) is 14.5. The molecule has 0 saturated carbocycles. The van der Waals surface area contributed by atoms with Crippen molar-refractivity contribution in [3.05, 3.63) is 76.9 Å². The maximum Gasteiger partial charge on any atom is 0.257 e. The van der Waals surface area contributed by atoms with Crippen LogP contribution in [0.25, 0.3) is 0 Å². The van der Waals surface area contributed by atoms with Gasteiger partial charge in [-0.2, -0.15) is 0 Å². The lowest BCUT2D eigenvalue weighted by atomic mass is 9.94. The molecule has 0 aliphatic carbocycles. The summed E-state index contributed by atoms with van der Waals surface area (Å²) in [5, 5.41) is 0. The van der Waals surface area contributed by atoms with Gasteiger partial charge in [-0.1, -0.05) is 24.3 Å². The number of hydrogen-bond donors (Lipinski definition) is 0. The molecule has 1 fully saturated rings. The molecule has 9 nitrogen and oxygen atoms in total. The molecule has 0 N–H and O–H groups in total. The van der Waals surface area contributed by atoms with E-state index in [4.69, 9.17) is 19.2 Å². The van der Waals surface area contributed by atoms with Gasteiger partial charge in [0.15, 0.2) is 11.5 Å². The number of methoxy groups -OCH3 is 1. The quantitative estimate of drug-likeness (QED) is 0.370. The van der Waals surface area contributed by atoms with Crippen LogP contribution in [0.1, 0.15) is 51.1 Å². The van der Waals surface area contributed by atoms with Crippen LogP contribution in [0.5, 0.6) is 17.2 Å². The molecule has 7 rings (SSSR count). The molecule has 0 bridgehead atoms. The largest absolute Gasteiger partial charge is 0.493 e. The molecule has 3 aromatic carbocycles. The highest BCUT2D eigenvalue weighted by Gasteiger charge is 2.34. The minimum Gasteiger partial charge on any atom is -0.493 e. The van der Waals surface area contributed by atoms with Crippen molar-refractivity contribution < 1.29 is 23.8 Å². The number of carbonyl (C=O) groups excluding carboxylic acids is 2. The van der Waals surface area contributed by atoms with E-state index in [-0.39, 0.29) is 23.9 Å². The first-order valence-corrected chi connectivity index (χ1v) is 14.5. The standard InChI is InChI=1S/C33H32N4O5/c1-40-30-16-27-29(35-19-24-14-21-6-2-3-7-22(21)20-37(24)33(27)39)17-31(30)42-13-5-12-41-25-9-10-26-28(15-25)34-18-23-8-4-11-36(23)32(26)38/h2-3,6-7,9-10,15-19,23-24H,4-5,8,11-14,20H2,1H3/t23-,24?/m0/s1. The maximum atomic E-state index is 13.6. The Balaban J connectivity index is 0.992. The Kier molecular flexibility index (Phi) is 6.85. The van der Waals surface area contributed by atoms with Crippen molar-refractivity contribution in [2.75, 3.05) is 26.9 Å². The van der Waals surface area contributed by atoms with Gasteiger partial charge in [-0.05, 0) is 48.6 Å². The maximum absolute atomic E-state index is 13.6. The summed E-state index contributed by atoms with van der Waals surface area (Å²) in [6, 6.07) is 17.2. The van der Waals surface area contributed by atoms with Crippen LogP contribution in [0.15, 0.2) is 64.6 Å². The van der Waals surface area contributed by atoms with Gasteiger partial charge in [-0.25, -0.2) is 0 Å². The predicted octanol–water partition coefficient (Wildman–Crippen LogP) is 5.15. The fourth-order valence-corrected chi connectivity index (χ4v) is 6.16. The topological polar surface area (TPSA) is 93.0 Å². The molecule has 2 atom stereocenters. The third kappa shape index (κ3) is 4.78. The summed E-state index contributed by atoms with van der Waals surface area (Å²) in [6.07, 6.45) is 7.07. The molecule has 1 unspecified atom stereocenters. The van der Waals surface area contributed by atoms with Crippen LogP contribution in [0.3, 0.4) is 0 Å². The molecular formula is C33H32N4O5. The van der Waals surface area contributed by atoms with Crippen molar-refractivity contribution in [3.63, 3.8) is 0 Å². The van der Waals surface area contributed by atoms with Crippen molar-refractivity contribution in [2.24, 2.45) is 9.98 Å². The van der Waals surface area contributed by atoms with E-state index in [0.717, 1.165) is 25.8 Å². The van der Waals surface area contributed by atoms with Gasteiger partial charge in [0.2, 0.25) is 0 Å². The number of aliphatic imine (C=N–C) groups is 2. The zero-order chi connectivity index (χ0) is 28.6. The van der Waals surface area contributed by atoms with Gasteiger partial charge in [0.1, 0.15) is 5.75 Å². The average Bonchev–Trinajstić information content (AvgIpc) is 3.40. The summed E-state index contributed by atoms with van der Waals surface area (Å²) in [4.78, 5) is 39.5. The van der Waals surface area contributed by atoms with Crippen molar-refractivity contribution in [1.29, 1.82) is 0 Å². The van der Waals surface area contributed by atoms with E-state index in [1.54, 1.807) is 25.3 Å². The normalized spacial score (nSPS) is 20.1. The Morgan fingerprint density at radius 1 is 0.810 bits per heavy atom. The highest BCUT2D eigenvalue weighted by molar-refractivity contribution is 6.04. The van der Waals surface area contributed by atoms with E-state index in [0.29, 0.717) is 65.9 Å². The molecule has 2 amide bonds. The third-order valence-corrected chi connectivity index (χ3v) is 8.41. The lowest BCUT2D eigenvalue weighted by Gasteiger charge is -2.34. The van der Waals surface area contributed by atoms with Gasteiger partial charge in [0.05, 0.1) is 54.9 Å². The highest BCUT2D eigenvalue weighted by atomic mass is 16.5. The second-order valence-corrected chi connectivity index (χ2v) is 11.0. The summed E-state index contributed by atoms with van der Waals surface area (Å²) in [5.41, 5.74) is 4.76. The number of fused-ring (bicyclic) bond motifs is 5. The summed E-state index contributed by atoms with van der Waals surface area (Å²) >= 11 is 0. The lowest BCUT2D eigenvalue weighted by molar-refractivity contribution is 0.0702. The number of nitrogens with zero attached hydrogens (tertiary/aromatic N) is 4. The van der Waals surface area contributed by atoms with E-state index in [1.807, 2.05) is 46.5 Å². The molecule has 9 heteroatoms. The van der Waals surface area contributed by atoms with Crippen LogP contribution in [0.2, 0.25) is 0 Å². The smallest absolute Gasteiger partial charge is 0.257 e. The Hall–Kier alpha value is -4.66. The van der Waals surface area contributed by atoms with Gasteiger partial charge in [-0.3, -0.25) is 19.6 Å². The Morgan fingerprint density at radius 2 is 1.57 bits per heavy atom. The van der Waals surface area contributed by atoms with Crippen LogP contribution in [0.4, 0.5) is 11.4 Å². The van der Waals surface area contributed by atoms with Gasteiger partial charge in [-0.15, -0.1) is 0 Å². The molecule has 214 valence electrons. The van der Waals surface area contributed by atoms with Gasteiger partial charge in [0, 0.05) is 44.1 Å². The number of hydrogen-bond acceptors (Lipinski definition) is 7. The summed E-state index contributed by atoms with van der Waals surface area (Å²) in [5.74, 6) is 1.65. The Bertz CT molecular complexity index is 1620. The van der Waals surface area contributed by atoms with E-state index >= 15 is 0 Å². The van der Waals surface area contributed by atoms with E-state index in [9.17, 15) is 9.59 Å². The monoisotopic (exact) mass is 564 g/mol. The molecule has 3 aromatic rings. The second kappa shape index (κ2) is 11.0. The molecule has 4 heterocycles. The van der Waals surface area contributed by atoms with Gasteiger partial charge < -0.3 is 24.0 Å². The minimum atomic E-state index is -0.0961. The fourth-order valence-electron chi connectivity index (χ4n) is 6.16. The number of carbonyl (C=O) groups is 2. The molecule has 0 aromatic heterocycles. The van der Waals surface area contributed by atoms with Gasteiger partial charge in [0.25, 0.3) is 11.8 Å². The van der Waals surface area contributed by atoms with Crippen LogP contribution in [-0.2, 0) is 13.0 Å². The molecule has 1 saturated heterocycles. The fraction of sp³-hybridized carbons (Fsp3) is 0.333. The summed E-state index contributed by atoms with van der Waals surface area (Å²) in [7, 11) is 1.57. The van der Waals surface area contributed by atoms with Crippen LogP contribution >= 0.6 is 0 Å². The number of amides is 2. The van der Waals surface area contributed by atoms with Crippen molar-refractivity contribution in [1.82, 2.24) is 9.80 Å². The number of ether oxygens (including phenoxy) is 3. The molecular weight excluding hydrogens is 532 g/mol. The van der Waals surface area contributed by atoms with Crippen LogP contribution in [0, 0.1) is 0 Å². The minimum absolute atomic E-state index is 0.0340. The SMILES string of the molecule is COc1cc2c(cc1OCCCOc1ccc3c(c1)N=C[C@@H]1CCCN1C3=O)N=CC1Cc3ccccc3CN1C2=O. The van der Waals surface area contributed by atoms with Crippen LogP contribution < -0.4 is 14.2 Å². The summed E-state index contributed by atoms with van der Waals surface area (Å²) < 4.78 is 17.6. The molecule has 0 spiro atoms. The van der Waals surface area contributed by atoms with E-state index in [1.165, 1.54) is 11.1 Å². The zero-order valence-corrected chi connectivity index (χ0v) is 23.5. The second-order valence-electron chi connectivity index (χ2n) is 11.0. The van der Waals surface area contributed by atoms with Gasteiger partial charge >= 0.3 is 0 Å².